The number of likely N-dealkylation sites (tertiary alicyclic amines) is 1. The Hall–Kier alpha value is -1.91. The highest BCUT2D eigenvalue weighted by molar-refractivity contribution is 6.09. The second-order valence-electron chi connectivity index (χ2n) is 5.19. The highest BCUT2D eigenvalue weighted by atomic mass is 16.2. The molecular weight excluding hydrogens is 244 g/mol. The predicted molar refractivity (Wildman–Crippen MR) is 69.7 cm³/mol. The Morgan fingerprint density at radius 1 is 1.37 bits per heavy atom. The zero-order valence-corrected chi connectivity index (χ0v) is 11.7. The quantitative estimate of drug-likeness (QED) is 0.608. The van der Waals surface area contributed by atoms with Crippen LogP contribution in [0.5, 0.6) is 0 Å². The number of carbonyl (C=O) groups is 3. The minimum Gasteiger partial charge on any atom is -0.351 e. The Bertz CT molecular complexity index is 571. The topological polar surface area (TPSA) is 59.4 Å². The molecule has 0 radical (unpaired) electrons. The van der Waals surface area contributed by atoms with Crippen LogP contribution in [0.3, 0.4) is 0 Å². The predicted octanol–water partition coefficient (Wildman–Crippen LogP) is 1.22. The molecule has 19 heavy (non-hydrogen) atoms. The summed E-state index contributed by atoms with van der Waals surface area (Å²) in [4.78, 5) is 36.8. The fourth-order valence-corrected chi connectivity index (χ4v) is 2.38. The maximum absolute atomic E-state index is 12.2. The van der Waals surface area contributed by atoms with E-state index in [2.05, 4.69) is 0 Å². The third-order valence-corrected chi connectivity index (χ3v) is 3.85. The number of Topliss-reactive ketones (excluding diaryl/α,β-unsaturated/α-hetero) is 1. The van der Waals surface area contributed by atoms with Gasteiger partial charge in [-0.1, -0.05) is 6.92 Å². The number of imide groups is 1. The molecule has 5 heteroatoms. The molecule has 1 fully saturated rings. The van der Waals surface area contributed by atoms with Gasteiger partial charge in [-0.05, 0) is 19.9 Å². The molecular formula is C14H18N2O3. The first kappa shape index (κ1) is 13.5. The van der Waals surface area contributed by atoms with Gasteiger partial charge in [0, 0.05) is 36.3 Å². The molecule has 0 saturated carbocycles. The van der Waals surface area contributed by atoms with Gasteiger partial charge in [-0.3, -0.25) is 19.3 Å². The maximum atomic E-state index is 12.2. The Balaban J connectivity index is 2.20. The summed E-state index contributed by atoms with van der Waals surface area (Å²) in [7, 11) is 1.88. The lowest BCUT2D eigenvalue weighted by atomic mass is 10.1. The van der Waals surface area contributed by atoms with Crippen LogP contribution in [0, 0.1) is 19.8 Å². The summed E-state index contributed by atoms with van der Waals surface area (Å²) in [6.07, 6.45) is 0.207. The molecule has 1 aliphatic rings. The molecule has 1 atom stereocenters. The van der Waals surface area contributed by atoms with Crippen molar-refractivity contribution in [3.8, 4) is 0 Å². The van der Waals surface area contributed by atoms with Crippen LogP contribution in [-0.4, -0.2) is 33.6 Å². The number of aryl methyl sites for hydroxylation is 1. The van der Waals surface area contributed by atoms with Crippen LogP contribution in [0.4, 0.5) is 0 Å². The van der Waals surface area contributed by atoms with Crippen molar-refractivity contribution < 1.29 is 14.4 Å². The second-order valence-corrected chi connectivity index (χ2v) is 5.19. The number of rotatable bonds is 3. The van der Waals surface area contributed by atoms with Crippen LogP contribution < -0.4 is 0 Å². The first-order valence-electron chi connectivity index (χ1n) is 6.33. The van der Waals surface area contributed by atoms with E-state index in [0.717, 1.165) is 16.3 Å². The van der Waals surface area contributed by atoms with E-state index in [1.807, 2.05) is 25.5 Å². The lowest BCUT2D eigenvalue weighted by molar-refractivity contribution is -0.138. The van der Waals surface area contributed by atoms with Gasteiger partial charge in [-0.25, -0.2) is 0 Å². The normalized spacial score (nSPS) is 19.4. The number of carbonyl (C=O) groups excluding carboxylic acids is 3. The van der Waals surface area contributed by atoms with E-state index in [4.69, 9.17) is 0 Å². The number of amides is 2. The monoisotopic (exact) mass is 262 g/mol. The fraction of sp³-hybridized carbons (Fsp3) is 0.500. The van der Waals surface area contributed by atoms with Crippen molar-refractivity contribution in [3.05, 3.63) is 23.0 Å². The standard InChI is InChI=1S/C14H18N2O3/c1-8-5-13(18)16(14(8)19)7-12(17)11-6-9(2)15(4)10(11)3/h6,8H,5,7H2,1-4H3. The van der Waals surface area contributed by atoms with E-state index in [1.165, 1.54) is 0 Å². The maximum Gasteiger partial charge on any atom is 0.232 e. The zero-order valence-electron chi connectivity index (χ0n) is 11.7. The van der Waals surface area contributed by atoms with Crippen molar-refractivity contribution in [2.75, 3.05) is 6.54 Å². The number of ketones is 1. The number of hydrogen-bond acceptors (Lipinski definition) is 3. The molecule has 0 spiro atoms. The van der Waals surface area contributed by atoms with Crippen LogP contribution in [0.25, 0.3) is 0 Å². The average Bonchev–Trinajstić information content (AvgIpc) is 2.74. The van der Waals surface area contributed by atoms with Crippen molar-refractivity contribution in [2.24, 2.45) is 13.0 Å². The largest absolute Gasteiger partial charge is 0.351 e. The molecule has 102 valence electrons. The molecule has 2 heterocycles. The van der Waals surface area contributed by atoms with Gasteiger partial charge in [0.05, 0.1) is 6.54 Å². The van der Waals surface area contributed by atoms with Gasteiger partial charge < -0.3 is 4.57 Å². The first-order valence-corrected chi connectivity index (χ1v) is 6.33. The number of hydrogen-bond donors (Lipinski definition) is 0. The Kier molecular flexibility index (Phi) is 3.30. The van der Waals surface area contributed by atoms with Gasteiger partial charge >= 0.3 is 0 Å². The molecule has 0 aliphatic carbocycles. The van der Waals surface area contributed by atoms with Crippen molar-refractivity contribution >= 4 is 17.6 Å². The first-order chi connectivity index (χ1) is 8.82. The molecule has 0 N–H and O–H groups in total. The van der Waals surface area contributed by atoms with E-state index in [0.29, 0.717) is 5.56 Å². The van der Waals surface area contributed by atoms with E-state index >= 15 is 0 Å². The van der Waals surface area contributed by atoms with E-state index in [1.54, 1.807) is 13.0 Å². The molecule has 1 saturated heterocycles. The third kappa shape index (κ3) is 2.20. The fourth-order valence-electron chi connectivity index (χ4n) is 2.38. The lowest BCUT2D eigenvalue weighted by Crippen LogP contribution is -2.35. The van der Waals surface area contributed by atoms with Crippen LogP contribution in [0.1, 0.15) is 35.1 Å². The minimum absolute atomic E-state index is 0.147. The third-order valence-electron chi connectivity index (χ3n) is 3.85. The van der Waals surface area contributed by atoms with E-state index in [9.17, 15) is 14.4 Å². The summed E-state index contributed by atoms with van der Waals surface area (Å²) in [5.41, 5.74) is 2.42. The summed E-state index contributed by atoms with van der Waals surface area (Å²) >= 11 is 0. The van der Waals surface area contributed by atoms with Gasteiger partial charge in [0.1, 0.15) is 0 Å². The Morgan fingerprint density at radius 3 is 2.42 bits per heavy atom. The van der Waals surface area contributed by atoms with Crippen molar-refractivity contribution in [1.82, 2.24) is 9.47 Å². The smallest absolute Gasteiger partial charge is 0.232 e. The molecule has 2 rings (SSSR count). The number of nitrogens with zero attached hydrogens (tertiary/aromatic N) is 2. The van der Waals surface area contributed by atoms with Gasteiger partial charge in [0.2, 0.25) is 11.8 Å². The minimum atomic E-state index is -0.307. The summed E-state index contributed by atoms with van der Waals surface area (Å²) < 4.78 is 1.92. The van der Waals surface area contributed by atoms with Crippen molar-refractivity contribution in [2.45, 2.75) is 27.2 Å². The number of aromatic nitrogens is 1. The zero-order chi connectivity index (χ0) is 14.3. The lowest BCUT2D eigenvalue weighted by Gasteiger charge is -2.13. The summed E-state index contributed by atoms with van der Waals surface area (Å²) in [5.74, 6) is -0.990. The summed E-state index contributed by atoms with van der Waals surface area (Å²) in [5, 5.41) is 0. The highest BCUT2D eigenvalue weighted by Crippen LogP contribution is 2.20. The SMILES string of the molecule is Cc1cc(C(=O)CN2C(=O)CC(C)C2=O)c(C)n1C. The van der Waals surface area contributed by atoms with Gasteiger partial charge in [0.25, 0.3) is 0 Å². The molecule has 0 aromatic carbocycles. The average molecular weight is 262 g/mol. The highest BCUT2D eigenvalue weighted by Gasteiger charge is 2.36. The Morgan fingerprint density at radius 2 is 2.00 bits per heavy atom. The Labute approximate surface area is 112 Å². The molecule has 5 nitrogen and oxygen atoms in total. The van der Waals surface area contributed by atoms with Crippen LogP contribution in [0.15, 0.2) is 6.07 Å². The van der Waals surface area contributed by atoms with E-state index in [-0.39, 0.29) is 36.5 Å². The van der Waals surface area contributed by atoms with Crippen molar-refractivity contribution in [1.29, 1.82) is 0 Å². The van der Waals surface area contributed by atoms with Crippen molar-refractivity contribution in [3.63, 3.8) is 0 Å². The summed E-state index contributed by atoms with van der Waals surface area (Å²) in [6.45, 7) is 5.34. The molecule has 1 unspecified atom stereocenters. The van der Waals surface area contributed by atoms with E-state index < -0.39 is 0 Å². The van der Waals surface area contributed by atoms with Crippen LogP contribution in [-0.2, 0) is 16.6 Å². The van der Waals surface area contributed by atoms with Gasteiger partial charge in [0.15, 0.2) is 5.78 Å². The summed E-state index contributed by atoms with van der Waals surface area (Å²) in [6, 6.07) is 1.80. The molecule has 0 bridgehead atoms. The second kappa shape index (κ2) is 4.64. The van der Waals surface area contributed by atoms with Crippen LogP contribution >= 0.6 is 0 Å². The van der Waals surface area contributed by atoms with Gasteiger partial charge in [-0.2, -0.15) is 0 Å². The molecule has 2 amide bonds. The molecule has 1 aliphatic heterocycles. The molecule has 1 aromatic rings. The van der Waals surface area contributed by atoms with Crippen LogP contribution in [0.2, 0.25) is 0 Å². The molecule has 1 aromatic heterocycles. The van der Waals surface area contributed by atoms with Gasteiger partial charge in [-0.15, -0.1) is 0 Å².